The maximum atomic E-state index is 9.11. The molecule has 1 N–H and O–H groups in total. The molecule has 3 nitrogen and oxygen atoms in total. The summed E-state index contributed by atoms with van der Waals surface area (Å²) >= 11 is 1.82. The molecule has 0 amide bonds. The highest BCUT2D eigenvalue weighted by Gasteiger charge is 2.15. The van der Waals surface area contributed by atoms with Crippen molar-refractivity contribution >= 4 is 56.3 Å². The maximum absolute atomic E-state index is 9.11. The fourth-order valence-corrected chi connectivity index (χ4v) is 5.59. The lowest BCUT2D eigenvalue weighted by atomic mass is 10.0. The zero-order valence-corrected chi connectivity index (χ0v) is 19.8. The smallest absolute Gasteiger partial charge is 0.504 e. The molecule has 0 fully saturated rings. The normalized spacial score (nSPS) is 11.0. The molecule has 6 aromatic rings. The SMILES string of the molecule is OBOc1ccc(N(c2ccc(-c3ccccc3)cc2)c2ccc3sc4ccccc4c3c2)cc1. The average Bonchev–Trinajstić information content (AvgIpc) is 3.29. The first-order valence-electron chi connectivity index (χ1n) is 11.5. The molecule has 6 rings (SSSR count). The van der Waals surface area contributed by atoms with Gasteiger partial charge in [-0.3, -0.25) is 0 Å². The summed E-state index contributed by atoms with van der Waals surface area (Å²) in [5, 5.41) is 11.6. The van der Waals surface area contributed by atoms with Gasteiger partial charge in [-0.15, -0.1) is 11.3 Å². The Bertz CT molecular complexity index is 1600. The van der Waals surface area contributed by atoms with E-state index in [1.807, 2.05) is 41.7 Å². The van der Waals surface area contributed by atoms with Crippen molar-refractivity contribution in [3.8, 4) is 16.9 Å². The van der Waals surface area contributed by atoms with Gasteiger partial charge >= 0.3 is 7.69 Å². The van der Waals surface area contributed by atoms with Crippen molar-refractivity contribution in [1.82, 2.24) is 0 Å². The third kappa shape index (κ3) is 4.16. The standard InChI is InChI=1S/C30H22BNO2S/c33-31-34-26-17-14-24(15-18-26)32(23-12-10-22(11-13-23)21-6-2-1-3-7-21)25-16-19-30-28(20-25)27-8-4-5-9-29(27)35-30/h1-20,31,33H. The van der Waals surface area contributed by atoms with Gasteiger partial charge in [0.1, 0.15) is 5.75 Å². The number of rotatable bonds is 6. The van der Waals surface area contributed by atoms with Gasteiger partial charge in [0.2, 0.25) is 0 Å². The third-order valence-electron chi connectivity index (χ3n) is 6.18. The number of fused-ring (bicyclic) bond motifs is 3. The molecule has 0 aliphatic heterocycles. The first-order valence-corrected chi connectivity index (χ1v) is 12.3. The Morgan fingerprint density at radius 2 is 1.17 bits per heavy atom. The largest absolute Gasteiger partial charge is 0.539 e. The van der Waals surface area contributed by atoms with Gasteiger partial charge < -0.3 is 14.6 Å². The Labute approximate surface area is 208 Å². The van der Waals surface area contributed by atoms with Gasteiger partial charge in [-0.05, 0) is 71.8 Å². The molecule has 0 bridgehead atoms. The molecule has 0 saturated carbocycles. The van der Waals surface area contributed by atoms with E-state index < -0.39 is 0 Å². The van der Waals surface area contributed by atoms with Crippen LogP contribution in [-0.4, -0.2) is 12.7 Å². The molecule has 168 valence electrons. The topological polar surface area (TPSA) is 32.7 Å². The Hall–Kier alpha value is -4.06. The summed E-state index contributed by atoms with van der Waals surface area (Å²) in [5.74, 6) is 0.634. The van der Waals surface area contributed by atoms with Gasteiger partial charge in [-0.1, -0.05) is 60.7 Å². The second kappa shape index (κ2) is 9.30. The van der Waals surface area contributed by atoms with Crippen LogP contribution in [0.3, 0.4) is 0 Å². The zero-order valence-electron chi connectivity index (χ0n) is 19.0. The van der Waals surface area contributed by atoms with E-state index in [9.17, 15) is 0 Å². The number of nitrogens with zero attached hydrogens (tertiary/aromatic N) is 1. The van der Waals surface area contributed by atoms with E-state index in [0.717, 1.165) is 17.1 Å². The summed E-state index contributed by atoms with van der Waals surface area (Å²) in [7, 11) is -0.341. The van der Waals surface area contributed by atoms with Crippen molar-refractivity contribution < 1.29 is 9.68 Å². The minimum atomic E-state index is -0.341. The summed E-state index contributed by atoms with van der Waals surface area (Å²) in [6.45, 7) is 0. The van der Waals surface area contributed by atoms with Gasteiger partial charge in [-0.25, -0.2) is 0 Å². The highest BCUT2D eigenvalue weighted by atomic mass is 32.1. The molecular weight excluding hydrogens is 449 g/mol. The van der Waals surface area contributed by atoms with Crippen molar-refractivity contribution in [2.24, 2.45) is 0 Å². The molecule has 0 saturated heterocycles. The van der Waals surface area contributed by atoms with Crippen LogP contribution in [0.15, 0.2) is 121 Å². The molecule has 0 atom stereocenters. The Balaban J connectivity index is 1.47. The monoisotopic (exact) mass is 471 g/mol. The molecule has 0 aliphatic carbocycles. The summed E-state index contributed by atoms with van der Waals surface area (Å²) in [5.41, 5.74) is 5.55. The maximum Gasteiger partial charge on any atom is 0.504 e. The minimum Gasteiger partial charge on any atom is -0.539 e. The van der Waals surface area contributed by atoms with Crippen molar-refractivity contribution in [3.05, 3.63) is 121 Å². The van der Waals surface area contributed by atoms with E-state index in [-0.39, 0.29) is 7.69 Å². The molecule has 0 aliphatic rings. The van der Waals surface area contributed by atoms with Crippen LogP contribution in [0.1, 0.15) is 0 Å². The number of hydrogen-bond acceptors (Lipinski definition) is 4. The first-order chi connectivity index (χ1) is 17.3. The Morgan fingerprint density at radius 3 is 1.91 bits per heavy atom. The van der Waals surface area contributed by atoms with Crippen LogP contribution in [0, 0.1) is 0 Å². The van der Waals surface area contributed by atoms with Crippen LogP contribution in [0.4, 0.5) is 17.1 Å². The number of anilines is 3. The molecule has 1 heterocycles. The summed E-state index contributed by atoms with van der Waals surface area (Å²) in [4.78, 5) is 2.25. The molecule has 1 aromatic heterocycles. The van der Waals surface area contributed by atoms with Gasteiger partial charge in [0, 0.05) is 37.2 Å². The second-order valence-electron chi connectivity index (χ2n) is 8.29. The summed E-state index contributed by atoms with van der Waals surface area (Å²) in [6, 6.07) is 42.1. The number of thiophene rings is 1. The molecule has 0 unspecified atom stereocenters. The Morgan fingerprint density at radius 1 is 0.571 bits per heavy atom. The third-order valence-corrected chi connectivity index (χ3v) is 7.33. The van der Waals surface area contributed by atoms with Crippen molar-refractivity contribution in [3.63, 3.8) is 0 Å². The quantitative estimate of drug-likeness (QED) is 0.251. The van der Waals surface area contributed by atoms with E-state index in [1.54, 1.807) is 0 Å². The van der Waals surface area contributed by atoms with Crippen LogP contribution < -0.4 is 9.55 Å². The van der Waals surface area contributed by atoms with E-state index in [2.05, 4.69) is 95.9 Å². The Kier molecular flexibility index (Phi) is 5.71. The molecule has 0 radical (unpaired) electrons. The minimum absolute atomic E-state index is 0.341. The van der Waals surface area contributed by atoms with Gasteiger partial charge in [0.15, 0.2) is 0 Å². The van der Waals surface area contributed by atoms with E-state index in [0.29, 0.717) is 5.75 Å². The summed E-state index contributed by atoms with van der Waals surface area (Å²) < 4.78 is 7.82. The lowest BCUT2D eigenvalue weighted by Gasteiger charge is -2.26. The van der Waals surface area contributed by atoms with E-state index in [4.69, 9.17) is 9.68 Å². The molecule has 0 spiro atoms. The zero-order chi connectivity index (χ0) is 23.6. The van der Waals surface area contributed by atoms with Crippen LogP contribution in [0.5, 0.6) is 5.75 Å². The van der Waals surface area contributed by atoms with Crippen molar-refractivity contribution in [2.75, 3.05) is 4.90 Å². The van der Waals surface area contributed by atoms with Crippen LogP contribution in [-0.2, 0) is 0 Å². The molecular formula is C30H22BNO2S. The van der Waals surface area contributed by atoms with E-state index >= 15 is 0 Å². The van der Waals surface area contributed by atoms with E-state index in [1.165, 1.54) is 31.3 Å². The number of hydrogen-bond donors (Lipinski definition) is 1. The van der Waals surface area contributed by atoms with Crippen molar-refractivity contribution in [2.45, 2.75) is 0 Å². The predicted molar refractivity (Wildman–Crippen MR) is 149 cm³/mol. The van der Waals surface area contributed by atoms with Crippen LogP contribution in [0.2, 0.25) is 0 Å². The van der Waals surface area contributed by atoms with Gasteiger partial charge in [0.05, 0.1) is 0 Å². The van der Waals surface area contributed by atoms with Crippen LogP contribution in [0.25, 0.3) is 31.3 Å². The van der Waals surface area contributed by atoms with Gasteiger partial charge in [0.25, 0.3) is 0 Å². The highest BCUT2D eigenvalue weighted by molar-refractivity contribution is 7.25. The molecule has 35 heavy (non-hydrogen) atoms. The second-order valence-corrected chi connectivity index (χ2v) is 9.38. The lowest BCUT2D eigenvalue weighted by molar-refractivity contribution is 0.454. The first kappa shape index (κ1) is 21.5. The summed E-state index contributed by atoms with van der Waals surface area (Å²) in [6.07, 6.45) is 0. The van der Waals surface area contributed by atoms with Gasteiger partial charge in [-0.2, -0.15) is 0 Å². The molecule has 5 heteroatoms. The fraction of sp³-hybridized carbons (Fsp3) is 0. The highest BCUT2D eigenvalue weighted by Crippen LogP contribution is 2.41. The predicted octanol–water partition coefficient (Wildman–Crippen LogP) is 7.83. The lowest BCUT2D eigenvalue weighted by Crippen LogP contribution is -2.10. The van der Waals surface area contributed by atoms with Crippen molar-refractivity contribution in [1.29, 1.82) is 0 Å². The van der Waals surface area contributed by atoms with Crippen LogP contribution >= 0.6 is 11.3 Å². The fourth-order valence-electron chi connectivity index (χ4n) is 4.50. The number of benzene rings is 5. The average molecular weight is 471 g/mol. The molecule has 5 aromatic carbocycles.